The molecule has 130 valence electrons. The zero-order valence-electron chi connectivity index (χ0n) is 12.2. The van der Waals surface area contributed by atoms with Crippen LogP contribution < -0.4 is 5.32 Å². The van der Waals surface area contributed by atoms with Gasteiger partial charge in [-0.15, -0.1) is 11.3 Å². The molecule has 0 saturated heterocycles. The van der Waals surface area contributed by atoms with Crippen molar-refractivity contribution < 1.29 is 26.9 Å². The average molecular weight is 372 g/mol. The molecule has 0 unspecified atom stereocenters. The van der Waals surface area contributed by atoms with Gasteiger partial charge in [0.2, 0.25) is 5.82 Å². The molecule has 0 aliphatic rings. The van der Waals surface area contributed by atoms with Crippen molar-refractivity contribution >= 4 is 17.2 Å². The van der Waals surface area contributed by atoms with Crippen molar-refractivity contribution in [3.05, 3.63) is 52.1 Å². The summed E-state index contributed by atoms with van der Waals surface area (Å²) in [6, 6.07) is 3.22. The number of rotatable bonds is 4. The first kappa shape index (κ1) is 17.0. The van der Waals surface area contributed by atoms with Crippen molar-refractivity contribution in [1.29, 1.82) is 0 Å². The van der Waals surface area contributed by atoms with Gasteiger partial charge in [0, 0.05) is 17.1 Å². The van der Waals surface area contributed by atoms with Crippen LogP contribution in [-0.2, 0) is 12.7 Å². The lowest BCUT2D eigenvalue weighted by atomic mass is 10.1. The van der Waals surface area contributed by atoms with Crippen LogP contribution in [0.15, 0.2) is 34.3 Å². The topological polar surface area (TPSA) is 80.9 Å². The van der Waals surface area contributed by atoms with E-state index in [-0.39, 0.29) is 17.7 Å². The second kappa shape index (κ2) is 6.59. The predicted molar refractivity (Wildman–Crippen MR) is 78.0 cm³/mol. The molecule has 0 radical (unpaired) electrons. The number of hydrogen-bond acceptors (Lipinski definition) is 6. The minimum absolute atomic E-state index is 0.0479. The highest BCUT2D eigenvalue weighted by atomic mass is 32.1. The summed E-state index contributed by atoms with van der Waals surface area (Å²) < 4.78 is 55.5. The third kappa shape index (κ3) is 3.82. The zero-order valence-corrected chi connectivity index (χ0v) is 13.0. The molecule has 0 aliphatic heterocycles. The molecule has 1 amide bonds. The molecule has 0 aliphatic carbocycles. The molecular formula is C14H8F4N4O2S. The van der Waals surface area contributed by atoms with E-state index in [1.165, 1.54) is 17.4 Å². The number of benzene rings is 1. The molecule has 25 heavy (non-hydrogen) atoms. The highest BCUT2D eigenvalue weighted by Crippen LogP contribution is 2.29. The summed E-state index contributed by atoms with van der Waals surface area (Å²) in [4.78, 5) is 19.1. The van der Waals surface area contributed by atoms with E-state index in [1.807, 2.05) is 0 Å². The molecule has 1 N–H and O–H groups in total. The van der Waals surface area contributed by atoms with E-state index in [9.17, 15) is 22.4 Å². The molecular weight excluding hydrogens is 364 g/mol. The molecule has 1 aromatic carbocycles. The quantitative estimate of drug-likeness (QED) is 0.711. The Morgan fingerprint density at radius 3 is 2.72 bits per heavy atom. The first-order valence-electron chi connectivity index (χ1n) is 6.72. The summed E-state index contributed by atoms with van der Waals surface area (Å²) in [6.07, 6.45) is -3.22. The average Bonchev–Trinajstić information content (AvgIpc) is 3.23. The van der Waals surface area contributed by atoms with Crippen LogP contribution in [0.25, 0.3) is 11.4 Å². The van der Waals surface area contributed by atoms with Gasteiger partial charge in [-0.3, -0.25) is 4.79 Å². The Balaban J connectivity index is 1.76. The number of halogens is 4. The van der Waals surface area contributed by atoms with E-state index in [1.54, 1.807) is 11.6 Å². The fraction of sp³-hybridized carbons (Fsp3) is 0.143. The van der Waals surface area contributed by atoms with E-state index in [4.69, 9.17) is 0 Å². The van der Waals surface area contributed by atoms with Crippen LogP contribution >= 0.6 is 11.3 Å². The van der Waals surface area contributed by atoms with Crippen molar-refractivity contribution in [2.24, 2.45) is 0 Å². The number of aromatic nitrogens is 3. The summed E-state index contributed by atoms with van der Waals surface area (Å²) in [5.41, 5.74) is -0.312. The van der Waals surface area contributed by atoms with E-state index in [0.717, 1.165) is 12.1 Å². The normalized spacial score (nSPS) is 11.5. The van der Waals surface area contributed by atoms with Crippen LogP contribution in [0.5, 0.6) is 0 Å². The fourth-order valence-corrected chi connectivity index (χ4v) is 2.44. The number of alkyl halides is 3. The largest absolute Gasteiger partial charge is 0.471 e. The molecule has 0 bridgehead atoms. The molecule has 3 aromatic rings. The molecule has 11 heteroatoms. The molecule has 2 heterocycles. The summed E-state index contributed by atoms with van der Waals surface area (Å²) in [5, 5.41) is 8.04. The molecule has 0 saturated carbocycles. The van der Waals surface area contributed by atoms with Gasteiger partial charge in [0.05, 0.1) is 12.1 Å². The van der Waals surface area contributed by atoms with Gasteiger partial charge in [-0.1, -0.05) is 11.2 Å². The molecule has 3 rings (SSSR count). The fourth-order valence-electron chi connectivity index (χ4n) is 1.89. The molecule has 6 nitrogen and oxygen atoms in total. The molecule has 0 atom stereocenters. The van der Waals surface area contributed by atoms with Crippen molar-refractivity contribution in [1.82, 2.24) is 20.4 Å². The summed E-state index contributed by atoms with van der Waals surface area (Å²) >= 11 is 1.33. The van der Waals surface area contributed by atoms with Crippen LogP contribution in [0.3, 0.4) is 0 Å². The standard InChI is InChI=1S/C14H8F4N4O2S/c15-9-5-7(11-21-13(24-22-11)14(16,17)18)1-2-8(9)12(23)20-6-10-19-3-4-25-10/h1-5H,6H2,(H,20,23). The Morgan fingerprint density at radius 1 is 1.32 bits per heavy atom. The van der Waals surface area contributed by atoms with Crippen molar-refractivity contribution in [2.45, 2.75) is 12.7 Å². The minimum Gasteiger partial charge on any atom is -0.345 e. The predicted octanol–water partition coefficient (Wildman–Crippen LogP) is 3.28. The second-order valence-corrected chi connectivity index (χ2v) is 5.70. The maximum atomic E-state index is 14.1. The van der Waals surface area contributed by atoms with E-state index in [0.29, 0.717) is 5.01 Å². The number of nitrogens with zero attached hydrogens (tertiary/aromatic N) is 3. The third-order valence-electron chi connectivity index (χ3n) is 3.02. The summed E-state index contributed by atoms with van der Waals surface area (Å²) in [5.74, 6) is -3.56. The van der Waals surface area contributed by atoms with Gasteiger partial charge in [0.25, 0.3) is 5.91 Å². The van der Waals surface area contributed by atoms with Gasteiger partial charge in [-0.05, 0) is 12.1 Å². The summed E-state index contributed by atoms with van der Waals surface area (Å²) in [7, 11) is 0. The molecule has 0 fully saturated rings. The summed E-state index contributed by atoms with van der Waals surface area (Å²) in [6.45, 7) is 0.136. The van der Waals surface area contributed by atoms with Gasteiger partial charge in [0.15, 0.2) is 0 Å². The monoisotopic (exact) mass is 372 g/mol. The lowest BCUT2D eigenvalue weighted by molar-refractivity contribution is -0.159. The molecule has 2 aromatic heterocycles. The lowest BCUT2D eigenvalue weighted by Crippen LogP contribution is -2.23. The second-order valence-electron chi connectivity index (χ2n) is 4.72. The van der Waals surface area contributed by atoms with Crippen molar-refractivity contribution in [3.8, 4) is 11.4 Å². The first-order chi connectivity index (χ1) is 11.8. The molecule has 0 spiro atoms. The third-order valence-corrected chi connectivity index (χ3v) is 3.80. The smallest absolute Gasteiger partial charge is 0.345 e. The number of thiazole rings is 1. The SMILES string of the molecule is O=C(NCc1nccs1)c1ccc(-c2noc(C(F)(F)F)n2)cc1F. The Bertz CT molecular complexity index is 893. The van der Waals surface area contributed by atoms with Crippen LogP contribution in [0, 0.1) is 5.82 Å². The maximum absolute atomic E-state index is 14.1. The number of amides is 1. The highest BCUT2D eigenvalue weighted by molar-refractivity contribution is 7.09. The van der Waals surface area contributed by atoms with Gasteiger partial charge in [-0.25, -0.2) is 9.37 Å². The van der Waals surface area contributed by atoms with E-state index in [2.05, 4.69) is 25.0 Å². The highest BCUT2D eigenvalue weighted by Gasteiger charge is 2.38. The van der Waals surface area contributed by atoms with E-state index >= 15 is 0 Å². The number of carbonyl (C=O) groups excluding carboxylic acids is 1. The van der Waals surface area contributed by atoms with E-state index < -0.39 is 29.6 Å². The van der Waals surface area contributed by atoms with Gasteiger partial charge in [-0.2, -0.15) is 18.2 Å². The Kier molecular flexibility index (Phi) is 4.49. The van der Waals surface area contributed by atoms with Crippen molar-refractivity contribution in [3.63, 3.8) is 0 Å². The Labute approximate surface area is 141 Å². The van der Waals surface area contributed by atoms with Gasteiger partial charge in [0.1, 0.15) is 10.8 Å². The van der Waals surface area contributed by atoms with Gasteiger partial charge < -0.3 is 9.84 Å². The van der Waals surface area contributed by atoms with Crippen LogP contribution in [0.1, 0.15) is 21.3 Å². The number of hydrogen-bond donors (Lipinski definition) is 1. The van der Waals surface area contributed by atoms with Crippen LogP contribution in [0.2, 0.25) is 0 Å². The maximum Gasteiger partial charge on any atom is 0.471 e. The van der Waals surface area contributed by atoms with Crippen LogP contribution in [-0.4, -0.2) is 21.0 Å². The lowest BCUT2D eigenvalue weighted by Gasteiger charge is -2.05. The van der Waals surface area contributed by atoms with Gasteiger partial charge >= 0.3 is 12.1 Å². The minimum atomic E-state index is -4.79. The number of nitrogens with one attached hydrogen (secondary N) is 1. The zero-order chi connectivity index (χ0) is 18.0. The first-order valence-corrected chi connectivity index (χ1v) is 7.60. The number of carbonyl (C=O) groups is 1. The van der Waals surface area contributed by atoms with Crippen LogP contribution in [0.4, 0.5) is 17.6 Å². The Hall–Kier alpha value is -2.82. The Morgan fingerprint density at radius 2 is 2.12 bits per heavy atom. The van der Waals surface area contributed by atoms with Crippen molar-refractivity contribution in [2.75, 3.05) is 0 Å².